The normalized spacial score (nSPS) is 11.4. The molecule has 4 aromatic rings. The molecule has 4 rings (SSSR count). The Labute approximate surface area is 212 Å². The summed E-state index contributed by atoms with van der Waals surface area (Å²) < 4.78 is 60.6. The maximum atomic E-state index is 14.4. The van der Waals surface area contributed by atoms with Gasteiger partial charge in [0.1, 0.15) is 17.3 Å². The van der Waals surface area contributed by atoms with Crippen molar-refractivity contribution in [3.05, 3.63) is 70.5 Å². The third kappa shape index (κ3) is 5.33. The fourth-order valence-corrected chi connectivity index (χ4v) is 4.78. The Hall–Kier alpha value is -3.91. The Balaban J connectivity index is 1.62. The molecule has 0 spiro atoms. The molecule has 1 aromatic heterocycles. The maximum Gasteiger partial charge on any atom is 0.416 e. The molecule has 0 atom stereocenters. The lowest BCUT2D eigenvalue weighted by Gasteiger charge is -2.22. The van der Waals surface area contributed by atoms with Crippen LogP contribution in [0.1, 0.15) is 5.56 Å². The van der Waals surface area contributed by atoms with Crippen molar-refractivity contribution < 1.29 is 37.0 Å². The molecule has 4 N–H and O–H groups in total. The number of aromatic nitrogens is 1. The third-order valence-corrected chi connectivity index (χ3v) is 6.22. The van der Waals surface area contributed by atoms with Crippen LogP contribution in [0.4, 0.5) is 43.7 Å². The number of thiazole rings is 1. The van der Waals surface area contributed by atoms with E-state index in [2.05, 4.69) is 26.2 Å². The number of ether oxygens (including phenoxy) is 1. The van der Waals surface area contributed by atoms with E-state index in [-0.39, 0.29) is 16.6 Å². The molecule has 186 valence electrons. The highest BCUT2D eigenvalue weighted by Crippen LogP contribution is 2.38. The summed E-state index contributed by atoms with van der Waals surface area (Å²) in [6.45, 7) is 0. The molecule has 0 aliphatic carbocycles. The van der Waals surface area contributed by atoms with Gasteiger partial charge in [0.25, 0.3) is 0 Å². The van der Waals surface area contributed by atoms with Gasteiger partial charge in [0.15, 0.2) is 5.13 Å². The number of benzene rings is 3. The Morgan fingerprint density at radius 2 is 1.78 bits per heavy atom. The predicted octanol–water partition coefficient (Wildman–Crippen LogP) is 7.32. The van der Waals surface area contributed by atoms with Crippen molar-refractivity contribution in [3.8, 4) is 11.5 Å². The quantitative estimate of drug-likeness (QED) is 0.212. The number of anilines is 3. The largest absolute Gasteiger partial charge is 0.465 e. The predicted molar refractivity (Wildman–Crippen MR) is 129 cm³/mol. The molecule has 3 aromatic carbocycles. The van der Waals surface area contributed by atoms with Gasteiger partial charge in [-0.2, -0.15) is 13.2 Å². The zero-order valence-corrected chi connectivity index (χ0v) is 20.0. The molecular weight excluding hydrogens is 572 g/mol. The number of nitrogens with one attached hydrogen (secondary N) is 1. The summed E-state index contributed by atoms with van der Waals surface area (Å²) in [5.74, 6) is -0.419. The van der Waals surface area contributed by atoms with E-state index in [1.54, 1.807) is 12.1 Å². The number of hydrogen-bond donors (Lipinski definition) is 3. The van der Waals surface area contributed by atoms with Crippen LogP contribution in [-0.2, 0) is 6.18 Å². The lowest BCUT2D eigenvalue weighted by Crippen LogP contribution is -2.32. The first-order chi connectivity index (χ1) is 16.9. The second kappa shape index (κ2) is 9.62. The van der Waals surface area contributed by atoms with Crippen LogP contribution in [0.3, 0.4) is 0 Å². The number of rotatable bonds is 5. The third-order valence-electron chi connectivity index (χ3n) is 4.70. The first-order valence-electron chi connectivity index (χ1n) is 9.76. The van der Waals surface area contributed by atoms with Crippen molar-refractivity contribution in [2.24, 2.45) is 5.73 Å². The number of carbonyl (C=O) groups excluding carboxylic acids is 1. The number of alkyl halides is 3. The van der Waals surface area contributed by atoms with Crippen molar-refractivity contribution in [1.82, 2.24) is 4.98 Å². The molecule has 0 aliphatic heterocycles. The smallest absolute Gasteiger partial charge is 0.416 e. The second-order valence-electron chi connectivity index (χ2n) is 7.13. The minimum atomic E-state index is -4.75. The van der Waals surface area contributed by atoms with Crippen LogP contribution >= 0.6 is 27.3 Å². The number of hydrogen-bond acceptors (Lipinski definition) is 5. The van der Waals surface area contributed by atoms with E-state index in [9.17, 15) is 27.2 Å². The van der Waals surface area contributed by atoms with Crippen LogP contribution in [0.5, 0.6) is 11.5 Å². The zero-order valence-electron chi connectivity index (χ0n) is 17.6. The zero-order chi connectivity index (χ0) is 26.2. The van der Waals surface area contributed by atoms with Crippen molar-refractivity contribution in [2.75, 3.05) is 10.2 Å². The molecule has 0 radical (unpaired) electrons. The highest BCUT2D eigenvalue weighted by atomic mass is 79.9. The van der Waals surface area contributed by atoms with Gasteiger partial charge in [-0.15, -0.1) is 0 Å². The molecule has 0 saturated carbocycles. The lowest BCUT2D eigenvalue weighted by molar-refractivity contribution is -0.137. The average Bonchev–Trinajstić information content (AvgIpc) is 3.17. The molecule has 0 bridgehead atoms. The summed E-state index contributed by atoms with van der Waals surface area (Å²) in [6, 6.07) is 9.21. The van der Waals surface area contributed by atoms with E-state index < -0.39 is 35.4 Å². The summed E-state index contributed by atoms with van der Waals surface area (Å²) >= 11 is 4.44. The molecular formula is C22H13BrF4N4O4S. The van der Waals surface area contributed by atoms with Gasteiger partial charge >= 0.3 is 18.3 Å². The molecule has 0 fully saturated rings. The van der Waals surface area contributed by atoms with Crippen molar-refractivity contribution in [1.29, 1.82) is 0 Å². The first-order valence-corrected chi connectivity index (χ1v) is 11.4. The molecule has 0 aliphatic rings. The standard InChI is InChI=1S/C22H13BrF4N4O4S/c23-14-8-13(9-17-18(14)29-20(36-17)30-21(33)34)35-12-4-2-11(3-5-12)31(19(28)32)16-7-10(22(25,26)27)1-6-15(16)24/h1-9H,(H2,28,32)(H,29,30)(H,33,34). The van der Waals surface area contributed by atoms with E-state index in [1.165, 1.54) is 24.3 Å². The Morgan fingerprint density at radius 1 is 1.08 bits per heavy atom. The van der Waals surface area contributed by atoms with Gasteiger partial charge in [0.2, 0.25) is 0 Å². The number of amides is 3. The van der Waals surface area contributed by atoms with E-state index in [0.717, 1.165) is 11.3 Å². The summed E-state index contributed by atoms with van der Waals surface area (Å²) in [7, 11) is 0. The summed E-state index contributed by atoms with van der Waals surface area (Å²) in [5.41, 5.74) is 4.08. The average molecular weight is 585 g/mol. The van der Waals surface area contributed by atoms with Crippen LogP contribution in [-0.4, -0.2) is 22.2 Å². The highest BCUT2D eigenvalue weighted by Gasteiger charge is 2.32. The van der Waals surface area contributed by atoms with Crippen molar-refractivity contribution in [3.63, 3.8) is 0 Å². The Morgan fingerprint density at radius 3 is 2.39 bits per heavy atom. The topological polar surface area (TPSA) is 118 Å². The molecule has 8 nitrogen and oxygen atoms in total. The van der Waals surface area contributed by atoms with Gasteiger partial charge in [-0.25, -0.2) is 19.0 Å². The molecule has 14 heteroatoms. The number of carbonyl (C=O) groups is 2. The number of halogens is 5. The minimum absolute atomic E-state index is 0.0107. The number of nitrogens with two attached hydrogens (primary N) is 1. The first kappa shape index (κ1) is 25.2. The summed E-state index contributed by atoms with van der Waals surface area (Å²) in [5, 5.41) is 11.2. The fraction of sp³-hybridized carbons (Fsp3) is 0.0455. The Bertz CT molecular complexity index is 1480. The molecule has 3 amide bonds. The number of fused-ring (bicyclic) bond motifs is 1. The highest BCUT2D eigenvalue weighted by molar-refractivity contribution is 9.10. The Kier molecular flexibility index (Phi) is 6.73. The van der Waals surface area contributed by atoms with Crippen LogP contribution in [0.2, 0.25) is 0 Å². The SMILES string of the molecule is NC(=O)N(c1ccc(Oc2cc(Br)c3nc(NC(=O)O)sc3c2)cc1)c1cc(C(F)(F)F)ccc1F. The van der Waals surface area contributed by atoms with Crippen LogP contribution in [0.25, 0.3) is 10.2 Å². The van der Waals surface area contributed by atoms with Gasteiger partial charge in [-0.1, -0.05) is 11.3 Å². The summed E-state index contributed by atoms with van der Waals surface area (Å²) in [6.07, 6.45) is -6.00. The minimum Gasteiger partial charge on any atom is -0.465 e. The lowest BCUT2D eigenvalue weighted by atomic mass is 10.1. The number of nitrogens with zero attached hydrogens (tertiary/aromatic N) is 2. The molecule has 0 saturated heterocycles. The van der Waals surface area contributed by atoms with Gasteiger partial charge in [-0.05, 0) is 64.5 Å². The molecule has 0 unspecified atom stereocenters. The van der Waals surface area contributed by atoms with E-state index in [0.29, 0.717) is 43.5 Å². The van der Waals surface area contributed by atoms with E-state index in [4.69, 9.17) is 15.6 Å². The summed E-state index contributed by atoms with van der Waals surface area (Å²) in [4.78, 5) is 27.7. The van der Waals surface area contributed by atoms with Gasteiger partial charge in [0, 0.05) is 10.5 Å². The monoisotopic (exact) mass is 584 g/mol. The van der Waals surface area contributed by atoms with Gasteiger partial charge in [0.05, 0.1) is 27.2 Å². The van der Waals surface area contributed by atoms with Crippen LogP contribution in [0.15, 0.2) is 59.1 Å². The van der Waals surface area contributed by atoms with E-state index in [1.807, 2.05) is 0 Å². The fourth-order valence-electron chi connectivity index (χ4n) is 3.21. The molecule has 36 heavy (non-hydrogen) atoms. The van der Waals surface area contributed by atoms with Crippen LogP contribution < -0.4 is 20.7 Å². The van der Waals surface area contributed by atoms with Crippen molar-refractivity contribution in [2.45, 2.75) is 6.18 Å². The van der Waals surface area contributed by atoms with Crippen LogP contribution in [0, 0.1) is 5.82 Å². The maximum absolute atomic E-state index is 14.4. The second-order valence-corrected chi connectivity index (χ2v) is 9.02. The van der Waals surface area contributed by atoms with Gasteiger partial charge < -0.3 is 15.6 Å². The number of primary amides is 1. The van der Waals surface area contributed by atoms with Crippen molar-refractivity contribution >= 4 is 66.1 Å². The number of carboxylic acid groups (broad SMARTS) is 1. The molecule has 1 heterocycles. The number of urea groups is 1. The van der Waals surface area contributed by atoms with Gasteiger partial charge in [-0.3, -0.25) is 10.2 Å². The van der Waals surface area contributed by atoms with E-state index >= 15 is 0 Å².